The molecule has 5 nitrogen and oxygen atoms in total. The minimum atomic E-state index is -1.13. The van der Waals surface area contributed by atoms with Crippen LogP contribution in [0.15, 0.2) is 48.8 Å². The van der Waals surface area contributed by atoms with Crippen molar-refractivity contribution in [2.24, 2.45) is 0 Å². The molecule has 0 saturated carbocycles. The Kier molecular flexibility index (Phi) is 5.75. The molecule has 4 rings (SSSR count). The molecule has 1 N–H and O–H groups in total. The first-order chi connectivity index (χ1) is 14.9. The van der Waals surface area contributed by atoms with Gasteiger partial charge in [-0.05, 0) is 61.6 Å². The SMILES string of the molecule is Cc1ccc(OCc2ccc(F)cc2F)c(C2=C(c3cncc(C(=O)O)n3)CCC2)c1. The zero-order valence-corrected chi connectivity index (χ0v) is 16.9. The molecule has 0 aliphatic heterocycles. The standard InChI is InChI=1S/C24H20F2N2O3/c1-14-5-8-23(31-13-15-6-7-16(25)10-20(15)26)19(9-14)17-3-2-4-18(17)21-11-27-12-22(28-21)24(29)30/h5-12H,2-4,13H2,1H3,(H,29,30). The molecule has 1 aromatic heterocycles. The molecule has 3 aromatic rings. The van der Waals surface area contributed by atoms with Crippen molar-refractivity contribution in [2.45, 2.75) is 32.8 Å². The number of nitrogens with zero attached hydrogens (tertiary/aromatic N) is 2. The molecule has 0 amide bonds. The highest BCUT2D eigenvalue weighted by atomic mass is 19.1. The number of ether oxygens (including phenoxy) is 1. The number of hydrogen-bond acceptors (Lipinski definition) is 4. The first-order valence-corrected chi connectivity index (χ1v) is 9.88. The highest BCUT2D eigenvalue weighted by molar-refractivity contribution is 5.94. The normalized spacial score (nSPS) is 13.5. The van der Waals surface area contributed by atoms with Crippen LogP contribution in [0.4, 0.5) is 8.78 Å². The van der Waals surface area contributed by atoms with Crippen molar-refractivity contribution >= 4 is 17.1 Å². The van der Waals surface area contributed by atoms with Gasteiger partial charge in [-0.1, -0.05) is 11.6 Å². The van der Waals surface area contributed by atoms with E-state index in [0.29, 0.717) is 11.4 Å². The number of halogens is 2. The van der Waals surface area contributed by atoms with Crippen molar-refractivity contribution < 1.29 is 23.4 Å². The van der Waals surface area contributed by atoms with Crippen LogP contribution in [0.25, 0.3) is 11.1 Å². The van der Waals surface area contributed by atoms with E-state index >= 15 is 0 Å². The third-order valence-electron chi connectivity index (χ3n) is 5.24. The molecule has 0 saturated heterocycles. The summed E-state index contributed by atoms with van der Waals surface area (Å²) in [6, 6.07) is 9.12. The fourth-order valence-corrected chi connectivity index (χ4v) is 3.74. The number of benzene rings is 2. The third kappa shape index (κ3) is 4.45. The van der Waals surface area contributed by atoms with Gasteiger partial charge in [-0.15, -0.1) is 0 Å². The molecule has 0 spiro atoms. The molecule has 0 unspecified atom stereocenters. The van der Waals surface area contributed by atoms with Gasteiger partial charge in [0, 0.05) is 17.2 Å². The summed E-state index contributed by atoms with van der Waals surface area (Å²) >= 11 is 0. The summed E-state index contributed by atoms with van der Waals surface area (Å²) in [5.74, 6) is -1.85. The Morgan fingerprint density at radius 1 is 1.10 bits per heavy atom. The quantitative estimate of drug-likeness (QED) is 0.573. The van der Waals surface area contributed by atoms with Gasteiger partial charge in [-0.3, -0.25) is 4.98 Å². The Morgan fingerprint density at radius 2 is 1.90 bits per heavy atom. The van der Waals surface area contributed by atoms with Gasteiger partial charge in [0.05, 0.1) is 18.1 Å². The Balaban J connectivity index is 1.71. The molecule has 0 radical (unpaired) electrons. The van der Waals surface area contributed by atoms with Crippen LogP contribution in [-0.4, -0.2) is 21.0 Å². The highest BCUT2D eigenvalue weighted by Crippen LogP contribution is 2.42. The number of carboxylic acid groups (broad SMARTS) is 1. The monoisotopic (exact) mass is 422 g/mol. The average Bonchev–Trinajstić information content (AvgIpc) is 3.23. The molecule has 0 bridgehead atoms. The lowest BCUT2D eigenvalue weighted by atomic mass is 9.97. The number of aromatic carboxylic acids is 1. The van der Waals surface area contributed by atoms with E-state index in [1.54, 1.807) is 6.20 Å². The number of rotatable bonds is 6. The van der Waals surface area contributed by atoms with Crippen molar-refractivity contribution in [3.8, 4) is 5.75 Å². The number of aryl methyl sites for hydroxylation is 1. The minimum Gasteiger partial charge on any atom is -0.488 e. The smallest absolute Gasteiger partial charge is 0.356 e. The van der Waals surface area contributed by atoms with E-state index in [4.69, 9.17) is 4.74 Å². The Hall–Kier alpha value is -3.61. The summed E-state index contributed by atoms with van der Waals surface area (Å²) < 4.78 is 33.1. The molecule has 2 aromatic carbocycles. The van der Waals surface area contributed by atoms with Crippen molar-refractivity contribution in [3.05, 3.63) is 88.5 Å². The fourth-order valence-electron chi connectivity index (χ4n) is 3.74. The average molecular weight is 422 g/mol. The molecule has 0 fully saturated rings. The fraction of sp³-hybridized carbons (Fsp3) is 0.208. The van der Waals surface area contributed by atoms with E-state index in [1.165, 1.54) is 18.3 Å². The second kappa shape index (κ2) is 8.63. The molecular weight excluding hydrogens is 402 g/mol. The first-order valence-electron chi connectivity index (χ1n) is 9.88. The lowest BCUT2D eigenvalue weighted by Crippen LogP contribution is -2.04. The van der Waals surface area contributed by atoms with Crippen molar-refractivity contribution in [2.75, 3.05) is 0 Å². The summed E-state index contributed by atoms with van der Waals surface area (Å²) in [6.45, 7) is 1.92. The molecule has 1 aliphatic carbocycles. The zero-order valence-electron chi connectivity index (χ0n) is 16.9. The summed E-state index contributed by atoms with van der Waals surface area (Å²) in [4.78, 5) is 19.6. The summed E-state index contributed by atoms with van der Waals surface area (Å²) in [5.41, 5.74) is 4.51. The number of carboxylic acids is 1. The molecule has 7 heteroatoms. The minimum absolute atomic E-state index is 0.0426. The lowest BCUT2D eigenvalue weighted by molar-refractivity contribution is 0.0690. The number of carbonyl (C=O) groups is 1. The zero-order chi connectivity index (χ0) is 22.0. The van der Waals surface area contributed by atoms with Crippen LogP contribution in [0.3, 0.4) is 0 Å². The van der Waals surface area contributed by atoms with Crippen LogP contribution in [-0.2, 0) is 6.61 Å². The number of aromatic nitrogens is 2. The van der Waals surface area contributed by atoms with Gasteiger partial charge in [-0.2, -0.15) is 0 Å². The van der Waals surface area contributed by atoms with E-state index in [9.17, 15) is 18.7 Å². The van der Waals surface area contributed by atoms with Crippen LogP contribution < -0.4 is 4.74 Å². The Bertz CT molecular complexity index is 1190. The van der Waals surface area contributed by atoms with E-state index in [-0.39, 0.29) is 17.9 Å². The maximum atomic E-state index is 14.0. The van der Waals surface area contributed by atoms with Gasteiger partial charge in [0.1, 0.15) is 24.0 Å². The molecule has 158 valence electrons. The lowest BCUT2D eigenvalue weighted by Gasteiger charge is -2.15. The second-order valence-corrected chi connectivity index (χ2v) is 7.43. The van der Waals surface area contributed by atoms with Gasteiger partial charge < -0.3 is 9.84 Å². The topological polar surface area (TPSA) is 72.3 Å². The van der Waals surface area contributed by atoms with Gasteiger partial charge in [0.15, 0.2) is 5.69 Å². The Labute approximate surface area is 178 Å². The van der Waals surface area contributed by atoms with Gasteiger partial charge in [0.2, 0.25) is 0 Å². The van der Waals surface area contributed by atoms with E-state index in [0.717, 1.165) is 47.6 Å². The summed E-state index contributed by atoms with van der Waals surface area (Å²) in [5, 5.41) is 9.24. The van der Waals surface area contributed by atoms with Crippen LogP contribution >= 0.6 is 0 Å². The van der Waals surface area contributed by atoms with E-state index in [2.05, 4.69) is 9.97 Å². The van der Waals surface area contributed by atoms with Gasteiger partial charge in [0.25, 0.3) is 0 Å². The Morgan fingerprint density at radius 3 is 2.68 bits per heavy atom. The summed E-state index contributed by atoms with van der Waals surface area (Å²) in [7, 11) is 0. The van der Waals surface area contributed by atoms with Crippen molar-refractivity contribution in [3.63, 3.8) is 0 Å². The number of allylic oxidation sites excluding steroid dienone is 2. The van der Waals surface area contributed by atoms with Gasteiger partial charge in [-0.25, -0.2) is 18.6 Å². The van der Waals surface area contributed by atoms with Crippen molar-refractivity contribution in [1.82, 2.24) is 9.97 Å². The summed E-state index contributed by atoms with van der Waals surface area (Å²) in [6.07, 6.45) is 5.20. The molecular formula is C24H20F2N2O3. The predicted octanol–water partition coefficient (Wildman–Crippen LogP) is 5.44. The first kappa shape index (κ1) is 20.7. The molecule has 0 atom stereocenters. The molecule has 1 heterocycles. The van der Waals surface area contributed by atoms with Crippen LogP contribution in [0, 0.1) is 18.6 Å². The second-order valence-electron chi connectivity index (χ2n) is 7.43. The third-order valence-corrected chi connectivity index (χ3v) is 5.24. The van der Waals surface area contributed by atoms with Gasteiger partial charge >= 0.3 is 5.97 Å². The van der Waals surface area contributed by atoms with E-state index < -0.39 is 17.6 Å². The van der Waals surface area contributed by atoms with E-state index in [1.807, 2.05) is 25.1 Å². The maximum absolute atomic E-state index is 14.0. The van der Waals surface area contributed by atoms with Crippen LogP contribution in [0.2, 0.25) is 0 Å². The van der Waals surface area contributed by atoms with Crippen molar-refractivity contribution in [1.29, 1.82) is 0 Å². The molecule has 1 aliphatic rings. The maximum Gasteiger partial charge on any atom is 0.356 e. The predicted molar refractivity (Wildman–Crippen MR) is 112 cm³/mol. The largest absolute Gasteiger partial charge is 0.488 e. The van der Waals surface area contributed by atoms with Crippen LogP contribution in [0.5, 0.6) is 5.75 Å². The van der Waals surface area contributed by atoms with Crippen LogP contribution in [0.1, 0.15) is 52.1 Å². The highest BCUT2D eigenvalue weighted by Gasteiger charge is 2.23. The molecule has 31 heavy (non-hydrogen) atoms. The number of hydrogen-bond donors (Lipinski definition) is 1.